The van der Waals surface area contributed by atoms with Crippen molar-refractivity contribution in [3.8, 4) is 0 Å². The van der Waals surface area contributed by atoms with Gasteiger partial charge in [0.05, 0.1) is 5.92 Å². The van der Waals surface area contributed by atoms with E-state index in [9.17, 15) is 4.79 Å². The highest BCUT2D eigenvalue weighted by atomic mass is 16.2. The molecule has 0 fully saturated rings. The zero-order valence-electron chi connectivity index (χ0n) is 10.9. The fourth-order valence-corrected chi connectivity index (χ4v) is 1.88. The number of nitrogens with two attached hydrogens (primary N) is 1. The Morgan fingerprint density at radius 3 is 2.35 bits per heavy atom. The fraction of sp³-hybridized carbons (Fsp3) is 0.500. The molecule has 2 N–H and O–H groups in total. The van der Waals surface area contributed by atoms with Crippen LogP contribution in [0.3, 0.4) is 0 Å². The van der Waals surface area contributed by atoms with E-state index >= 15 is 0 Å². The quantitative estimate of drug-likeness (QED) is 0.845. The molecule has 1 atom stereocenters. The first kappa shape index (κ1) is 13.7. The zero-order valence-corrected chi connectivity index (χ0v) is 10.9. The first-order valence-corrected chi connectivity index (χ1v) is 6.05. The van der Waals surface area contributed by atoms with E-state index in [4.69, 9.17) is 5.73 Å². The Morgan fingerprint density at radius 1 is 1.29 bits per heavy atom. The third-order valence-electron chi connectivity index (χ3n) is 3.01. The summed E-state index contributed by atoms with van der Waals surface area (Å²) in [5, 5.41) is 0. The molecule has 0 saturated carbocycles. The van der Waals surface area contributed by atoms with Gasteiger partial charge in [0.1, 0.15) is 0 Å². The van der Waals surface area contributed by atoms with Crippen LogP contribution < -0.4 is 5.73 Å². The molecule has 0 heterocycles. The van der Waals surface area contributed by atoms with Crippen LogP contribution >= 0.6 is 0 Å². The summed E-state index contributed by atoms with van der Waals surface area (Å²) >= 11 is 0. The summed E-state index contributed by atoms with van der Waals surface area (Å²) in [5.41, 5.74) is 6.80. The van der Waals surface area contributed by atoms with E-state index in [1.165, 1.54) is 0 Å². The minimum atomic E-state index is -0.0799. The van der Waals surface area contributed by atoms with E-state index in [0.717, 1.165) is 5.56 Å². The molecule has 0 aliphatic heterocycles. The van der Waals surface area contributed by atoms with Crippen LogP contribution in [0.1, 0.15) is 19.4 Å². The van der Waals surface area contributed by atoms with Gasteiger partial charge in [-0.2, -0.15) is 0 Å². The van der Waals surface area contributed by atoms with Crippen molar-refractivity contribution in [3.63, 3.8) is 0 Å². The Balaban J connectivity index is 2.64. The molecule has 1 unspecified atom stereocenters. The Labute approximate surface area is 104 Å². The number of rotatable bonds is 5. The minimum absolute atomic E-state index is 0.0799. The number of amides is 1. The van der Waals surface area contributed by atoms with Crippen LogP contribution in [-0.2, 0) is 11.3 Å². The maximum atomic E-state index is 12.2. The minimum Gasteiger partial charge on any atom is -0.341 e. The lowest BCUT2D eigenvalue weighted by molar-refractivity contribution is -0.135. The van der Waals surface area contributed by atoms with Gasteiger partial charge in [0.15, 0.2) is 0 Å². The second kappa shape index (κ2) is 6.40. The first-order valence-electron chi connectivity index (χ1n) is 6.05. The van der Waals surface area contributed by atoms with E-state index < -0.39 is 0 Å². The van der Waals surface area contributed by atoms with Gasteiger partial charge in [0, 0.05) is 20.1 Å². The first-order chi connectivity index (χ1) is 8.06. The highest BCUT2D eigenvalue weighted by molar-refractivity contribution is 5.79. The van der Waals surface area contributed by atoms with E-state index in [1.54, 1.807) is 4.90 Å². The third-order valence-corrected chi connectivity index (χ3v) is 3.01. The topological polar surface area (TPSA) is 46.3 Å². The molecule has 3 heteroatoms. The van der Waals surface area contributed by atoms with E-state index in [2.05, 4.69) is 0 Å². The van der Waals surface area contributed by atoms with Crippen molar-refractivity contribution in [2.24, 2.45) is 17.6 Å². The molecule has 1 amide bonds. The molecular formula is C14H22N2O. The van der Waals surface area contributed by atoms with Gasteiger partial charge < -0.3 is 10.6 Å². The van der Waals surface area contributed by atoms with Crippen LogP contribution in [0.4, 0.5) is 0 Å². The smallest absolute Gasteiger partial charge is 0.227 e. The summed E-state index contributed by atoms with van der Waals surface area (Å²) in [6, 6.07) is 9.99. The van der Waals surface area contributed by atoms with Gasteiger partial charge in [-0.15, -0.1) is 0 Å². The number of carbonyl (C=O) groups excluding carboxylic acids is 1. The van der Waals surface area contributed by atoms with Crippen LogP contribution in [0.5, 0.6) is 0 Å². The van der Waals surface area contributed by atoms with Crippen LogP contribution in [0.2, 0.25) is 0 Å². The van der Waals surface area contributed by atoms with Gasteiger partial charge in [0.25, 0.3) is 0 Å². The van der Waals surface area contributed by atoms with E-state index in [0.29, 0.717) is 13.1 Å². The predicted octanol–water partition coefficient (Wildman–Crippen LogP) is 1.88. The van der Waals surface area contributed by atoms with Crippen molar-refractivity contribution in [1.29, 1.82) is 0 Å². The molecule has 0 saturated heterocycles. The lowest BCUT2D eigenvalue weighted by Crippen LogP contribution is -2.38. The molecule has 3 nitrogen and oxygen atoms in total. The average Bonchev–Trinajstić information content (AvgIpc) is 2.30. The van der Waals surface area contributed by atoms with Crippen molar-refractivity contribution in [2.75, 3.05) is 13.6 Å². The number of hydrogen-bond acceptors (Lipinski definition) is 2. The summed E-state index contributed by atoms with van der Waals surface area (Å²) in [6.45, 7) is 5.12. The van der Waals surface area contributed by atoms with Crippen molar-refractivity contribution < 1.29 is 4.79 Å². The van der Waals surface area contributed by atoms with Crippen molar-refractivity contribution in [3.05, 3.63) is 35.9 Å². The highest BCUT2D eigenvalue weighted by Crippen LogP contribution is 2.14. The van der Waals surface area contributed by atoms with Gasteiger partial charge in [-0.3, -0.25) is 4.79 Å². The normalized spacial score (nSPS) is 12.5. The number of carbonyl (C=O) groups is 1. The van der Waals surface area contributed by atoms with Gasteiger partial charge >= 0.3 is 0 Å². The van der Waals surface area contributed by atoms with Crippen molar-refractivity contribution in [1.82, 2.24) is 4.90 Å². The van der Waals surface area contributed by atoms with Gasteiger partial charge in [0.2, 0.25) is 5.91 Å². The summed E-state index contributed by atoms with van der Waals surface area (Å²) in [6.07, 6.45) is 0. The molecule has 17 heavy (non-hydrogen) atoms. The standard InChI is InChI=1S/C14H22N2O/c1-11(2)13(9-15)14(17)16(3)10-12-7-5-4-6-8-12/h4-8,11,13H,9-10,15H2,1-3H3. The molecule has 0 bridgehead atoms. The van der Waals surface area contributed by atoms with Crippen LogP contribution in [0, 0.1) is 11.8 Å². The maximum absolute atomic E-state index is 12.2. The Morgan fingerprint density at radius 2 is 1.88 bits per heavy atom. The van der Waals surface area contributed by atoms with Crippen LogP contribution in [0.25, 0.3) is 0 Å². The molecule has 1 aromatic carbocycles. The highest BCUT2D eigenvalue weighted by Gasteiger charge is 2.23. The maximum Gasteiger partial charge on any atom is 0.227 e. The lowest BCUT2D eigenvalue weighted by atomic mass is 9.94. The molecule has 0 aliphatic rings. The SMILES string of the molecule is CC(C)C(CN)C(=O)N(C)Cc1ccccc1. The molecule has 0 aliphatic carbocycles. The number of nitrogens with zero attached hydrogens (tertiary/aromatic N) is 1. The zero-order chi connectivity index (χ0) is 12.8. The Kier molecular flexibility index (Phi) is 5.16. The second-order valence-corrected chi connectivity index (χ2v) is 4.77. The summed E-state index contributed by atoms with van der Waals surface area (Å²) in [7, 11) is 1.83. The second-order valence-electron chi connectivity index (χ2n) is 4.77. The van der Waals surface area contributed by atoms with E-state index in [1.807, 2.05) is 51.2 Å². The molecule has 1 rings (SSSR count). The number of hydrogen-bond donors (Lipinski definition) is 1. The Hall–Kier alpha value is -1.35. The fourth-order valence-electron chi connectivity index (χ4n) is 1.88. The lowest BCUT2D eigenvalue weighted by Gasteiger charge is -2.25. The summed E-state index contributed by atoms with van der Waals surface area (Å²) < 4.78 is 0. The monoisotopic (exact) mass is 234 g/mol. The molecule has 1 aromatic rings. The van der Waals surface area contributed by atoms with Gasteiger partial charge in [-0.1, -0.05) is 44.2 Å². The average molecular weight is 234 g/mol. The van der Waals surface area contributed by atoms with Gasteiger partial charge in [-0.25, -0.2) is 0 Å². The van der Waals surface area contributed by atoms with Crippen molar-refractivity contribution >= 4 is 5.91 Å². The molecular weight excluding hydrogens is 212 g/mol. The van der Waals surface area contributed by atoms with Crippen LogP contribution in [0.15, 0.2) is 30.3 Å². The van der Waals surface area contributed by atoms with Crippen LogP contribution in [-0.4, -0.2) is 24.4 Å². The largest absolute Gasteiger partial charge is 0.341 e. The Bertz CT molecular complexity index is 348. The molecule has 0 aromatic heterocycles. The summed E-state index contributed by atoms with van der Waals surface area (Å²) in [4.78, 5) is 13.9. The third kappa shape index (κ3) is 3.86. The summed E-state index contributed by atoms with van der Waals surface area (Å²) in [5.74, 6) is 0.334. The van der Waals surface area contributed by atoms with Gasteiger partial charge in [-0.05, 0) is 11.5 Å². The molecule has 0 spiro atoms. The van der Waals surface area contributed by atoms with E-state index in [-0.39, 0.29) is 17.7 Å². The molecule has 94 valence electrons. The molecule has 0 radical (unpaired) electrons. The predicted molar refractivity (Wildman–Crippen MR) is 70.3 cm³/mol. The number of benzene rings is 1. The van der Waals surface area contributed by atoms with Crippen molar-refractivity contribution in [2.45, 2.75) is 20.4 Å².